The summed E-state index contributed by atoms with van der Waals surface area (Å²) in [6.45, 7) is 3.94. The lowest BCUT2D eigenvalue weighted by atomic mass is 10.2. The van der Waals surface area contributed by atoms with Crippen LogP contribution in [0.15, 0.2) is 36.7 Å². The molecule has 98 valence electrons. The second-order valence-electron chi connectivity index (χ2n) is 3.79. The van der Waals surface area contributed by atoms with Crippen LogP contribution in [0.1, 0.15) is 23.0 Å². The van der Waals surface area contributed by atoms with Crippen LogP contribution < -0.4 is 4.74 Å². The highest BCUT2D eigenvalue weighted by Gasteiger charge is 2.07. The zero-order chi connectivity index (χ0) is 13.7. The van der Waals surface area contributed by atoms with Gasteiger partial charge in [-0.1, -0.05) is 0 Å². The third-order valence-corrected chi connectivity index (χ3v) is 2.42. The first-order valence-corrected chi connectivity index (χ1v) is 5.93. The van der Waals surface area contributed by atoms with Crippen molar-refractivity contribution < 1.29 is 14.3 Å². The number of ether oxygens (including phenoxy) is 2. The summed E-state index contributed by atoms with van der Waals surface area (Å²) < 4.78 is 10.5. The van der Waals surface area contributed by atoms with Crippen molar-refractivity contribution in [2.75, 3.05) is 6.61 Å². The van der Waals surface area contributed by atoms with E-state index in [1.807, 2.05) is 6.92 Å². The van der Waals surface area contributed by atoms with E-state index in [-0.39, 0.29) is 5.97 Å². The third-order valence-electron chi connectivity index (χ3n) is 2.42. The number of aromatic nitrogens is 2. The van der Waals surface area contributed by atoms with Gasteiger partial charge >= 0.3 is 5.97 Å². The van der Waals surface area contributed by atoms with Gasteiger partial charge < -0.3 is 9.47 Å². The van der Waals surface area contributed by atoms with Gasteiger partial charge in [0.1, 0.15) is 5.75 Å². The van der Waals surface area contributed by atoms with Gasteiger partial charge in [-0.3, -0.25) is 4.98 Å². The topological polar surface area (TPSA) is 61.3 Å². The number of carbonyl (C=O) groups excluding carboxylic acids is 1. The van der Waals surface area contributed by atoms with Crippen molar-refractivity contribution in [2.24, 2.45) is 0 Å². The predicted molar refractivity (Wildman–Crippen MR) is 69.2 cm³/mol. The summed E-state index contributed by atoms with van der Waals surface area (Å²) in [5.41, 5.74) is 1.20. The number of carbonyl (C=O) groups is 1. The molecule has 0 aliphatic carbocycles. The average Bonchev–Trinajstić information content (AvgIpc) is 2.42. The Morgan fingerprint density at radius 3 is 2.47 bits per heavy atom. The molecule has 0 aliphatic rings. The van der Waals surface area contributed by atoms with E-state index in [1.165, 1.54) is 0 Å². The van der Waals surface area contributed by atoms with Gasteiger partial charge in [-0.2, -0.15) is 0 Å². The molecular formula is C14H14N2O3. The fourth-order valence-electron chi connectivity index (χ4n) is 1.48. The first kappa shape index (κ1) is 13.0. The molecule has 0 fully saturated rings. The highest BCUT2D eigenvalue weighted by atomic mass is 16.5. The van der Waals surface area contributed by atoms with E-state index in [0.717, 1.165) is 0 Å². The third kappa shape index (κ3) is 3.28. The van der Waals surface area contributed by atoms with Crippen LogP contribution in [0.5, 0.6) is 11.6 Å². The molecule has 1 heterocycles. The molecule has 0 radical (unpaired) electrons. The lowest BCUT2D eigenvalue weighted by Crippen LogP contribution is -2.04. The Morgan fingerprint density at radius 2 is 1.84 bits per heavy atom. The molecule has 0 atom stereocenters. The van der Waals surface area contributed by atoms with Crippen molar-refractivity contribution in [1.82, 2.24) is 9.97 Å². The van der Waals surface area contributed by atoms with Gasteiger partial charge in [0.25, 0.3) is 0 Å². The van der Waals surface area contributed by atoms with Crippen molar-refractivity contribution in [3.05, 3.63) is 47.9 Å². The van der Waals surface area contributed by atoms with E-state index >= 15 is 0 Å². The van der Waals surface area contributed by atoms with Gasteiger partial charge in [-0.25, -0.2) is 9.78 Å². The van der Waals surface area contributed by atoms with E-state index in [9.17, 15) is 4.79 Å². The van der Waals surface area contributed by atoms with E-state index in [0.29, 0.717) is 29.5 Å². The van der Waals surface area contributed by atoms with Crippen LogP contribution in [0, 0.1) is 6.92 Å². The fourth-order valence-corrected chi connectivity index (χ4v) is 1.48. The predicted octanol–water partition coefficient (Wildman–Crippen LogP) is 2.75. The summed E-state index contributed by atoms with van der Waals surface area (Å²) in [6, 6.07) is 6.69. The van der Waals surface area contributed by atoms with Gasteiger partial charge in [-0.15, -0.1) is 0 Å². The Morgan fingerprint density at radius 1 is 1.16 bits per heavy atom. The van der Waals surface area contributed by atoms with Gasteiger partial charge in [0.2, 0.25) is 5.88 Å². The van der Waals surface area contributed by atoms with Crippen LogP contribution in [-0.2, 0) is 4.74 Å². The molecule has 5 nitrogen and oxygen atoms in total. The van der Waals surface area contributed by atoms with Crippen molar-refractivity contribution >= 4 is 5.97 Å². The van der Waals surface area contributed by atoms with Crippen LogP contribution in [0.25, 0.3) is 0 Å². The minimum absolute atomic E-state index is 0.343. The zero-order valence-corrected chi connectivity index (χ0v) is 10.8. The molecule has 2 aromatic rings. The summed E-state index contributed by atoms with van der Waals surface area (Å²) in [6.07, 6.45) is 3.17. The largest absolute Gasteiger partial charge is 0.462 e. The number of aryl methyl sites for hydroxylation is 1. The molecule has 19 heavy (non-hydrogen) atoms. The molecule has 0 unspecified atom stereocenters. The molecule has 0 spiro atoms. The van der Waals surface area contributed by atoms with Crippen LogP contribution >= 0.6 is 0 Å². The van der Waals surface area contributed by atoms with Gasteiger partial charge in [0, 0.05) is 12.4 Å². The van der Waals surface area contributed by atoms with Crippen LogP contribution in [0.4, 0.5) is 0 Å². The molecule has 5 heteroatoms. The maximum atomic E-state index is 11.5. The summed E-state index contributed by atoms with van der Waals surface area (Å²) >= 11 is 0. The Balaban J connectivity index is 2.11. The highest BCUT2D eigenvalue weighted by Crippen LogP contribution is 2.21. The molecule has 0 saturated carbocycles. The number of benzene rings is 1. The maximum Gasteiger partial charge on any atom is 0.338 e. The Labute approximate surface area is 111 Å². The Bertz CT molecular complexity index is 567. The second-order valence-corrected chi connectivity index (χ2v) is 3.79. The molecular weight excluding hydrogens is 244 g/mol. The summed E-state index contributed by atoms with van der Waals surface area (Å²) in [5.74, 6) is 0.702. The fraction of sp³-hybridized carbons (Fsp3) is 0.214. The second kappa shape index (κ2) is 5.95. The van der Waals surface area contributed by atoms with Gasteiger partial charge in [-0.05, 0) is 38.1 Å². The minimum atomic E-state index is -0.343. The SMILES string of the molecule is CCOC(=O)c1ccc(Oc2nccnc2C)cc1. The summed E-state index contributed by atoms with van der Waals surface area (Å²) in [5, 5.41) is 0. The van der Waals surface area contributed by atoms with Crippen molar-refractivity contribution in [3.63, 3.8) is 0 Å². The van der Waals surface area contributed by atoms with Crippen LogP contribution in [-0.4, -0.2) is 22.5 Å². The average molecular weight is 258 g/mol. The van der Waals surface area contributed by atoms with Crippen molar-refractivity contribution in [3.8, 4) is 11.6 Å². The van der Waals surface area contributed by atoms with Gasteiger partial charge in [0.15, 0.2) is 0 Å². The lowest BCUT2D eigenvalue weighted by molar-refractivity contribution is 0.0526. The maximum absolute atomic E-state index is 11.5. The first-order valence-electron chi connectivity index (χ1n) is 5.93. The lowest BCUT2D eigenvalue weighted by Gasteiger charge is -2.07. The number of hydrogen-bond acceptors (Lipinski definition) is 5. The smallest absolute Gasteiger partial charge is 0.338 e. The standard InChI is InChI=1S/C14H14N2O3/c1-3-18-14(17)11-4-6-12(7-5-11)19-13-10(2)15-8-9-16-13/h4-9H,3H2,1-2H3. The van der Waals surface area contributed by atoms with E-state index in [2.05, 4.69) is 9.97 Å². The van der Waals surface area contributed by atoms with E-state index in [1.54, 1.807) is 43.6 Å². The Kier molecular flexibility index (Phi) is 4.07. The molecule has 1 aromatic heterocycles. The molecule has 0 saturated heterocycles. The Hall–Kier alpha value is -2.43. The number of esters is 1. The zero-order valence-electron chi connectivity index (χ0n) is 10.8. The minimum Gasteiger partial charge on any atom is -0.462 e. The van der Waals surface area contributed by atoms with Crippen LogP contribution in [0.2, 0.25) is 0 Å². The van der Waals surface area contributed by atoms with Gasteiger partial charge in [0.05, 0.1) is 17.9 Å². The molecule has 0 aliphatic heterocycles. The van der Waals surface area contributed by atoms with E-state index in [4.69, 9.17) is 9.47 Å². The number of nitrogens with zero attached hydrogens (tertiary/aromatic N) is 2. The van der Waals surface area contributed by atoms with Crippen molar-refractivity contribution in [2.45, 2.75) is 13.8 Å². The number of rotatable bonds is 4. The molecule has 0 amide bonds. The van der Waals surface area contributed by atoms with E-state index < -0.39 is 0 Å². The molecule has 0 N–H and O–H groups in total. The molecule has 2 rings (SSSR count). The summed E-state index contributed by atoms with van der Waals surface area (Å²) in [7, 11) is 0. The quantitative estimate of drug-likeness (QED) is 0.789. The molecule has 0 bridgehead atoms. The highest BCUT2D eigenvalue weighted by molar-refractivity contribution is 5.89. The monoisotopic (exact) mass is 258 g/mol. The number of hydrogen-bond donors (Lipinski definition) is 0. The normalized spacial score (nSPS) is 10.0. The first-order chi connectivity index (χ1) is 9.20. The molecule has 1 aromatic carbocycles. The summed E-state index contributed by atoms with van der Waals surface area (Å²) in [4.78, 5) is 19.7. The van der Waals surface area contributed by atoms with Crippen LogP contribution in [0.3, 0.4) is 0 Å². The van der Waals surface area contributed by atoms with Crippen molar-refractivity contribution in [1.29, 1.82) is 0 Å².